The average molecular weight is 215 g/mol. The van der Waals surface area contributed by atoms with E-state index in [9.17, 15) is 0 Å². The van der Waals surface area contributed by atoms with Crippen molar-refractivity contribution in [1.82, 2.24) is 15.1 Å². The van der Waals surface area contributed by atoms with Gasteiger partial charge in [-0.3, -0.25) is 0 Å². The molecule has 92 valence electrons. The second kappa shape index (κ2) is 7.20. The summed E-state index contributed by atoms with van der Waals surface area (Å²) in [4.78, 5) is 4.65. The summed E-state index contributed by atoms with van der Waals surface area (Å²) in [5, 5.41) is 3.50. The third-order valence-corrected chi connectivity index (χ3v) is 2.47. The molecule has 0 aliphatic heterocycles. The minimum atomic E-state index is 0.224. The van der Waals surface area contributed by atoms with Gasteiger partial charge >= 0.3 is 0 Å². The molecule has 15 heavy (non-hydrogen) atoms. The molecule has 0 fully saturated rings. The maximum atomic E-state index is 3.50. The highest BCUT2D eigenvalue weighted by atomic mass is 15.1. The Bertz CT molecular complexity index is 155. The molecule has 0 amide bonds. The predicted molar refractivity (Wildman–Crippen MR) is 68.4 cm³/mol. The predicted octanol–water partition coefficient (Wildman–Crippen LogP) is 1.26. The fourth-order valence-corrected chi connectivity index (χ4v) is 1.95. The fourth-order valence-electron chi connectivity index (χ4n) is 1.95. The van der Waals surface area contributed by atoms with Crippen molar-refractivity contribution in [3.8, 4) is 0 Å². The second-order valence-electron chi connectivity index (χ2n) is 5.31. The molecule has 3 heteroatoms. The third-order valence-electron chi connectivity index (χ3n) is 2.47. The number of nitrogens with zero attached hydrogens (tertiary/aromatic N) is 2. The molecule has 0 atom stereocenters. The first-order chi connectivity index (χ1) is 6.87. The van der Waals surface area contributed by atoms with Crippen molar-refractivity contribution in [3.63, 3.8) is 0 Å². The van der Waals surface area contributed by atoms with Crippen LogP contribution in [0.15, 0.2) is 0 Å². The number of nitrogens with one attached hydrogen (secondary N) is 1. The van der Waals surface area contributed by atoms with Crippen molar-refractivity contribution in [1.29, 1.82) is 0 Å². The van der Waals surface area contributed by atoms with Gasteiger partial charge in [0, 0.05) is 12.1 Å². The SMILES string of the molecule is CCNC(C)(C)CN(C)CCCN(C)C. The van der Waals surface area contributed by atoms with Crippen LogP contribution in [0.25, 0.3) is 0 Å². The molecule has 0 aliphatic carbocycles. The van der Waals surface area contributed by atoms with Gasteiger partial charge in [-0.05, 0) is 61.0 Å². The van der Waals surface area contributed by atoms with E-state index >= 15 is 0 Å². The lowest BCUT2D eigenvalue weighted by molar-refractivity contribution is 0.228. The molecule has 0 saturated carbocycles. The molecule has 0 radical (unpaired) electrons. The monoisotopic (exact) mass is 215 g/mol. The van der Waals surface area contributed by atoms with Crippen LogP contribution in [0, 0.1) is 0 Å². The summed E-state index contributed by atoms with van der Waals surface area (Å²) >= 11 is 0. The second-order valence-corrected chi connectivity index (χ2v) is 5.31. The third kappa shape index (κ3) is 8.85. The Kier molecular flexibility index (Phi) is 7.14. The van der Waals surface area contributed by atoms with E-state index in [-0.39, 0.29) is 5.54 Å². The molecule has 0 heterocycles. The Morgan fingerprint density at radius 1 is 1.07 bits per heavy atom. The number of rotatable bonds is 8. The zero-order valence-electron chi connectivity index (χ0n) is 11.4. The Hall–Kier alpha value is -0.120. The van der Waals surface area contributed by atoms with Crippen LogP contribution in [-0.4, -0.2) is 62.7 Å². The van der Waals surface area contributed by atoms with Crippen LogP contribution in [0.1, 0.15) is 27.2 Å². The highest BCUT2D eigenvalue weighted by molar-refractivity contribution is 4.80. The van der Waals surface area contributed by atoms with E-state index in [1.54, 1.807) is 0 Å². The first kappa shape index (κ1) is 14.9. The van der Waals surface area contributed by atoms with Gasteiger partial charge in [-0.2, -0.15) is 0 Å². The van der Waals surface area contributed by atoms with Crippen LogP contribution in [0.5, 0.6) is 0 Å². The first-order valence-electron chi connectivity index (χ1n) is 5.95. The molecule has 0 aromatic rings. The zero-order valence-corrected chi connectivity index (χ0v) is 11.4. The smallest absolute Gasteiger partial charge is 0.0251 e. The van der Waals surface area contributed by atoms with Crippen molar-refractivity contribution in [2.75, 3.05) is 47.3 Å². The van der Waals surface area contributed by atoms with Gasteiger partial charge in [0.2, 0.25) is 0 Å². The van der Waals surface area contributed by atoms with Gasteiger partial charge in [0.05, 0.1) is 0 Å². The lowest BCUT2D eigenvalue weighted by Gasteiger charge is -2.31. The lowest BCUT2D eigenvalue weighted by atomic mass is 10.1. The molecule has 0 rings (SSSR count). The van der Waals surface area contributed by atoms with Gasteiger partial charge in [0.15, 0.2) is 0 Å². The maximum Gasteiger partial charge on any atom is 0.0251 e. The quantitative estimate of drug-likeness (QED) is 0.657. The van der Waals surface area contributed by atoms with Crippen molar-refractivity contribution >= 4 is 0 Å². The van der Waals surface area contributed by atoms with Gasteiger partial charge < -0.3 is 15.1 Å². The van der Waals surface area contributed by atoms with Crippen LogP contribution >= 0.6 is 0 Å². The molecule has 0 aromatic carbocycles. The van der Waals surface area contributed by atoms with E-state index in [1.807, 2.05) is 0 Å². The normalized spacial score (nSPS) is 12.8. The molecule has 1 N–H and O–H groups in total. The fraction of sp³-hybridized carbons (Fsp3) is 1.00. The summed E-state index contributed by atoms with van der Waals surface area (Å²) in [5.41, 5.74) is 0.224. The molecule has 3 nitrogen and oxygen atoms in total. The Morgan fingerprint density at radius 2 is 1.67 bits per heavy atom. The number of hydrogen-bond acceptors (Lipinski definition) is 3. The van der Waals surface area contributed by atoms with E-state index in [2.05, 4.69) is 57.0 Å². The summed E-state index contributed by atoms with van der Waals surface area (Å²) in [6, 6.07) is 0. The van der Waals surface area contributed by atoms with Gasteiger partial charge in [-0.25, -0.2) is 0 Å². The summed E-state index contributed by atoms with van der Waals surface area (Å²) in [7, 11) is 6.46. The standard InChI is InChI=1S/C12H29N3/c1-7-13-12(2,3)11-15(6)10-8-9-14(4)5/h13H,7-11H2,1-6H3. The Balaban J connectivity index is 3.67. The van der Waals surface area contributed by atoms with E-state index in [0.717, 1.165) is 13.1 Å². The average Bonchev–Trinajstić information content (AvgIpc) is 2.01. The summed E-state index contributed by atoms with van der Waals surface area (Å²) in [5.74, 6) is 0. The van der Waals surface area contributed by atoms with Crippen molar-refractivity contribution in [3.05, 3.63) is 0 Å². The number of likely N-dealkylation sites (N-methyl/N-ethyl adjacent to an activating group) is 2. The van der Waals surface area contributed by atoms with Crippen molar-refractivity contribution in [2.45, 2.75) is 32.7 Å². The molecule has 0 saturated heterocycles. The van der Waals surface area contributed by atoms with Crippen molar-refractivity contribution < 1.29 is 0 Å². The van der Waals surface area contributed by atoms with Gasteiger partial charge in [-0.1, -0.05) is 6.92 Å². The molecule has 0 spiro atoms. The molecular weight excluding hydrogens is 186 g/mol. The van der Waals surface area contributed by atoms with Crippen LogP contribution in [0.2, 0.25) is 0 Å². The highest BCUT2D eigenvalue weighted by Crippen LogP contribution is 2.04. The van der Waals surface area contributed by atoms with E-state index in [1.165, 1.54) is 19.5 Å². The summed E-state index contributed by atoms with van der Waals surface area (Å²) < 4.78 is 0. The van der Waals surface area contributed by atoms with Crippen LogP contribution in [-0.2, 0) is 0 Å². The summed E-state index contributed by atoms with van der Waals surface area (Å²) in [6.07, 6.45) is 1.24. The molecule has 0 aliphatic rings. The molecule has 0 aromatic heterocycles. The largest absolute Gasteiger partial charge is 0.311 e. The van der Waals surface area contributed by atoms with Crippen LogP contribution in [0.3, 0.4) is 0 Å². The van der Waals surface area contributed by atoms with E-state index in [4.69, 9.17) is 0 Å². The molecule has 0 bridgehead atoms. The van der Waals surface area contributed by atoms with Gasteiger partial charge in [-0.15, -0.1) is 0 Å². The van der Waals surface area contributed by atoms with Gasteiger partial charge in [0.1, 0.15) is 0 Å². The molecular formula is C12H29N3. The lowest BCUT2D eigenvalue weighted by Crippen LogP contribution is -2.48. The zero-order chi connectivity index (χ0) is 11.9. The number of hydrogen-bond donors (Lipinski definition) is 1. The Morgan fingerprint density at radius 3 is 2.13 bits per heavy atom. The van der Waals surface area contributed by atoms with E-state index < -0.39 is 0 Å². The minimum Gasteiger partial charge on any atom is -0.311 e. The van der Waals surface area contributed by atoms with Crippen LogP contribution < -0.4 is 5.32 Å². The Labute approximate surface area is 95.8 Å². The van der Waals surface area contributed by atoms with E-state index in [0.29, 0.717) is 0 Å². The first-order valence-corrected chi connectivity index (χ1v) is 5.95. The summed E-state index contributed by atoms with van der Waals surface area (Å²) in [6.45, 7) is 11.2. The maximum absolute atomic E-state index is 3.50. The van der Waals surface area contributed by atoms with Crippen LogP contribution in [0.4, 0.5) is 0 Å². The molecule has 0 unspecified atom stereocenters. The minimum absolute atomic E-state index is 0.224. The topological polar surface area (TPSA) is 18.5 Å². The van der Waals surface area contributed by atoms with Gasteiger partial charge in [0.25, 0.3) is 0 Å². The van der Waals surface area contributed by atoms with Crippen molar-refractivity contribution in [2.24, 2.45) is 0 Å². The highest BCUT2D eigenvalue weighted by Gasteiger charge is 2.17.